The maximum Gasteiger partial charge on any atom is 0.673 e. The first-order valence-electron chi connectivity index (χ1n) is 8.76. The molecule has 30 heavy (non-hydrogen) atoms. The van der Waals surface area contributed by atoms with Gasteiger partial charge in [-0.1, -0.05) is 24.3 Å². The third kappa shape index (κ3) is 7.54. The van der Waals surface area contributed by atoms with Crippen molar-refractivity contribution in [2.75, 3.05) is 7.11 Å². The zero-order valence-electron chi connectivity index (χ0n) is 16.7. The minimum atomic E-state index is -6.00. The number of rotatable bonds is 4. The van der Waals surface area contributed by atoms with Crippen LogP contribution in [0.3, 0.4) is 0 Å². The van der Waals surface area contributed by atoms with Crippen molar-refractivity contribution in [2.24, 2.45) is 7.05 Å². The molecular formula is C19H21BF4N4O2. The van der Waals surface area contributed by atoms with Crippen LogP contribution in [0.1, 0.15) is 17.5 Å². The molecule has 160 valence electrons. The summed E-state index contributed by atoms with van der Waals surface area (Å²) in [5.74, 6) is -0.174. The molecule has 0 fully saturated rings. The Kier molecular flexibility index (Phi) is 8.98. The van der Waals surface area contributed by atoms with Gasteiger partial charge in [0.15, 0.2) is 0 Å². The number of methoxy groups -OCH3 is 1. The molecule has 3 aromatic rings. The van der Waals surface area contributed by atoms with Gasteiger partial charge in [-0.25, -0.2) is 0 Å². The van der Waals surface area contributed by atoms with Crippen molar-refractivity contribution in [3.8, 4) is 11.1 Å². The third-order valence-electron chi connectivity index (χ3n) is 4.25. The molecule has 0 aliphatic carbocycles. The van der Waals surface area contributed by atoms with Crippen molar-refractivity contribution < 1.29 is 32.2 Å². The zero-order valence-corrected chi connectivity index (χ0v) is 16.7. The van der Waals surface area contributed by atoms with Gasteiger partial charge in [-0.2, -0.15) is 5.10 Å². The summed E-state index contributed by atoms with van der Waals surface area (Å²) in [5.41, 5.74) is 5.80. The number of carbonyl (C=O) groups is 1. The lowest BCUT2D eigenvalue weighted by Crippen LogP contribution is -2.11. The van der Waals surface area contributed by atoms with Gasteiger partial charge in [0.2, 0.25) is 5.39 Å². The molecule has 0 atom stereocenters. The van der Waals surface area contributed by atoms with Crippen molar-refractivity contribution in [3.63, 3.8) is 0 Å². The highest BCUT2D eigenvalue weighted by Crippen LogP contribution is 2.26. The van der Waals surface area contributed by atoms with Crippen LogP contribution in [0.4, 0.5) is 17.3 Å². The monoisotopic (exact) mass is 424 g/mol. The zero-order chi connectivity index (χ0) is 22.9. The third-order valence-corrected chi connectivity index (χ3v) is 4.25. The minimum absolute atomic E-state index is 0.174. The second-order valence-corrected chi connectivity index (χ2v) is 6.25. The lowest BCUT2D eigenvalue weighted by atomic mass is 9.96. The number of benzene rings is 2. The molecule has 0 unspecified atom stereocenters. The highest BCUT2D eigenvalue weighted by Gasteiger charge is 2.20. The van der Waals surface area contributed by atoms with Crippen molar-refractivity contribution >= 4 is 24.1 Å². The van der Waals surface area contributed by atoms with Crippen LogP contribution < -0.4 is 5.39 Å². The second kappa shape index (κ2) is 10.9. The summed E-state index contributed by atoms with van der Waals surface area (Å²) < 4.78 is 45.6. The average molecular weight is 424 g/mol. The van der Waals surface area contributed by atoms with Crippen LogP contribution in [0.5, 0.6) is 0 Å². The largest absolute Gasteiger partial charge is 0.673 e. The van der Waals surface area contributed by atoms with Gasteiger partial charge in [0, 0.05) is 18.9 Å². The normalized spacial score (nSPS) is 10.4. The van der Waals surface area contributed by atoms with Crippen molar-refractivity contribution in [3.05, 3.63) is 53.7 Å². The molecule has 2 aromatic carbocycles. The smallest absolute Gasteiger partial charge is 0.469 e. The topological polar surface area (TPSA) is 91.7 Å². The molecule has 6 nitrogen and oxygen atoms in total. The Morgan fingerprint density at radius 1 is 1.13 bits per heavy atom. The Morgan fingerprint density at radius 3 is 2.30 bits per heavy atom. The SMILES string of the molecule is COC(=O)CCc1cc(-c2ccc3c(cnn3C)c2)ccc1C.F[B-](F)(F)F.N#[NH+]. The van der Waals surface area contributed by atoms with Crippen LogP contribution in [0.2, 0.25) is 0 Å². The molecule has 0 bridgehead atoms. The number of hydrogen-bond donors (Lipinski definition) is 1. The first-order valence-corrected chi connectivity index (χ1v) is 8.76. The molecule has 1 heterocycles. The Morgan fingerprint density at radius 2 is 1.70 bits per heavy atom. The number of hydrogen-bond acceptors (Lipinski definition) is 4. The van der Waals surface area contributed by atoms with E-state index in [1.807, 2.05) is 17.9 Å². The molecule has 0 aliphatic rings. The molecule has 0 amide bonds. The van der Waals surface area contributed by atoms with Crippen molar-refractivity contribution in [1.29, 1.82) is 5.39 Å². The van der Waals surface area contributed by atoms with E-state index in [9.17, 15) is 22.1 Å². The van der Waals surface area contributed by atoms with Gasteiger partial charge in [-0.3, -0.25) is 9.48 Å². The van der Waals surface area contributed by atoms with E-state index in [1.54, 1.807) is 0 Å². The van der Waals surface area contributed by atoms with Crippen molar-refractivity contribution in [1.82, 2.24) is 9.78 Å². The van der Waals surface area contributed by atoms with Crippen LogP contribution in [-0.4, -0.2) is 30.1 Å². The number of diazo groups is 1. The fraction of sp³-hybridized carbons (Fsp3) is 0.263. The van der Waals surface area contributed by atoms with Crippen LogP contribution in [0.15, 0.2) is 42.6 Å². The molecule has 0 spiro atoms. The van der Waals surface area contributed by atoms with Gasteiger partial charge < -0.3 is 22.0 Å². The molecule has 0 aliphatic heterocycles. The standard InChI is InChI=1S/C19H20N2O2.BF4.N2/c1-13-4-5-15(10-14(13)7-9-19(22)23-3)16-6-8-18-17(11-16)12-20-21(18)2;2-1(3,4)5;1-2/h4-6,8,10-12H,7,9H2,1-3H3;;/q;-1;/p+1. The molecule has 0 radical (unpaired) electrons. The van der Waals surface area contributed by atoms with E-state index < -0.39 is 7.25 Å². The Bertz CT molecular complexity index is 1010. The van der Waals surface area contributed by atoms with Crippen LogP contribution in [0.25, 0.3) is 22.0 Å². The molecular weight excluding hydrogens is 403 g/mol. The number of aromatic nitrogens is 2. The van der Waals surface area contributed by atoms with E-state index in [1.165, 1.54) is 18.2 Å². The second-order valence-electron chi connectivity index (χ2n) is 6.25. The quantitative estimate of drug-likeness (QED) is 0.301. The van der Waals surface area contributed by atoms with Crippen molar-refractivity contribution in [2.45, 2.75) is 19.8 Å². The first-order chi connectivity index (χ1) is 14.1. The van der Waals surface area contributed by atoms with Gasteiger partial charge in [0.05, 0.1) is 24.2 Å². The summed E-state index contributed by atoms with van der Waals surface area (Å²) in [5, 5.41) is 16.4. The van der Waals surface area contributed by atoms with E-state index in [-0.39, 0.29) is 5.97 Å². The number of halogens is 4. The number of nitrogens with zero attached hydrogens (tertiary/aromatic N) is 3. The minimum Gasteiger partial charge on any atom is -0.469 e. The summed E-state index contributed by atoms with van der Waals surface area (Å²) in [7, 11) is -2.63. The van der Waals surface area contributed by atoms with E-state index in [2.05, 4.69) is 48.4 Å². The lowest BCUT2D eigenvalue weighted by molar-refractivity contribution is -0.175. The number of nitrogens with one attached hydrogen (secondary N) is 1. The van der Waals surface area contributed by atoms with E-state index in [0.29, 0.717) is 12.8 Å². The molecule has 1 aromatic heterocycles. The number of esters is 1. The maximum atomic E-state index is 11.4. The fourth-order valence-electron chi connectivity index (χ4n) is 2.80. The predicted octanol–water partition coefficient (Wildman–Crippen LogP) is 3.23. The molecule has 11 heteroatoms. The Hall–Kier alpha value is -3.42. The Balaban J connectivity index is 0.000000565. The van der Waals surface area contributed by atoms with Gasteiger partial charge in [0.1, 0.15) is 0 Å². The average Bonchev–Trinajstić information content (AvgIpc) is 3.07. The van der Waals surface area contributed by atoms with E-state index in [4.69, 9.17) is 15.5 Å². The number of carbonyl (C=O) groups excluding carboxylic acids is 1. The predicted molar refractivity (Wildman–Crippen MR) is 104 cm³/mol. The summed E-state index contributed by atoms with van der Waals surface area (Å²) >= 11 is 0. The number of ether oxygens (including phenoxy) is 1. The van der Waals surface area contributed by atoms with E-state index >= 15 is 0 Å². The van der Waals surface area contributed by atoms with Crippen LogP contribution >= 0.6 is 0 Å². The first kappa shape index (κ1) is 24.6. The number of fused-ring (bicyclic) bond motifs is 1. The van der Waals surface area contributed by atoms with Gasteiger partial charge in [0.25, 0.3) is 0 Å². The summed E-state index contributed by atoms with van der Waals surface area (Å²) in [4.78, 5) is 11.4. The highest BCUT2D eigenvalue weighted by atomic mass is 19.5. The summed E-state index contributed by atoms with van der Waals surface area (Å²) in [6.07, 6.45) is 2.98. The van der Waals surface area contributed by atoms with Gasteiger partial charge in [-0.05, 0) is 47.7 Å². The van der Waals surface area contributed by atoms with Gasteiger partial charge >= 0.3 is 13.2 Å². The molecule has 0 saturated heterocycles. The van der Waals surface area contributed by atoms with Gasteiger partial charge in [-0.15, -0.1) is 0 Å². The number of aryl methyl sites for hydroxylation is 3. The highest BCUT2D eigenvalue weighted by molar-refractivity contribution is 6.50. The Labute approximate surface area is 171 Å². The lowest BCUT2D eigenvalue weighted by Gasteiger charge is -2.09. The fourth-order valence-corrected chi connectivity index (χ4v) is 2.80. The maximum absolute atomic E-state index is 11.4. The molecule has 3 rings (SSSR count). The van der Waals surface area contributed by atoms with E-state index in [0.717, 1.165) is 22.0 Å². The summed E-state index contributed by atoms with van der Waals surface area (Å²) in [6, 6.07) is 12.7. The van der Waals surface area contributed by atoms with Crippen LogP contribution in [0, 0.1) is 12.3 Å². The molecule has 1 N–H and O–H groups in total. The van der Waals surface area contributed by atoms with Crippen LogP contribution in [-0.2, 0) is 23.0 Å². The molecule has 0 saturated carbocycles. The summed E-state index contributed by atoms with van der Waals surface area (Å²) in [6.45, 7) is 2.07.